The van der Waals surface area contributed by atoms with Crippen molar-refractivity contribution >= 4 is 23.2 Å². The van der Waals surface area contributed by atoms with Crippen LogP contribution in [0.4, 0.5) is 5.95 Å². The summed E-state index contributed by atoms with van der Waals surface area (Å²) in [6, 6.07) is 2.14. The van der Waals surface area contributed by atoms with Gasteiger partial charge in [-0.15, -0.1) is 0 Å². The van der Waals surface area contributed by atoms with Gasteiger partial charge in [0, 0.05) is 11.7 Å². The van der Waals surface area contributed by atoms with Crippen LogP contribution in [0.15, 0.2) is 6.07 Å². The average molecular weight is 266 g/mol. The molecule has 0 amide bonds. The van der Waals surface area contributed by atoms with E-state index in [9.17, 15) is 0 Å². The van der Waals surface area contributed by atoms with Crippen molar-refractivity contribution in [2.45, 2.75) is 46.6 Å². The quantitative estimate of drug-likeness (QED) is 0.775. The zero-order valence-electron chi connectivity index (χ0n) is 11.5. The Labute approximate surface area is 114 Å². The molecule has 0 spiro atoms. The summed E-state index contributed by atoms with van der Waals surface area (Å²) in [4.78, 5) is 9.01. The fourth-order valence-corrected chi connectivity index (χ4v) is 2.18. The van der Waals surface area contributed by atoms with E-state index in [-0.39, 0.29) is 0 Å². The second-order valence-electron chi connectivity index (χ2n) is 4.59. The lowest BCUT2D eigenvalue weighted by molar-refractivity contribution is 0.436. The lowest BCUT2D eigenvalue weighted by Gasteiger charge is -2.22. The van der Waals surface area contributed by atoms with Gasteiger partial charge in [-0.3, -0.25) is 0 Å². The highest BCUT2D eigenvalue weighted by atomic mass is 32.1. The molecular weight excluding hydrogens is 244 g/mol. The Kier molecular flexibility index (Phi) is 5.47. The van der Waals surface area contributed by atoms with Crippen LogP contribution in [0, 0.1) is 12.8 Å². The molecule has 0 aromatic carbocycles. The summed E-state index contributed by atoms with van der Waals surface area (Å²) >= 11 is 4.95. The molecule has 0 aliphatic carbocycles. The Morgan fingerprint density at radius 2 is 2.00 bits per heavy atom. The van der Waals surface area contributed by atoms with E-state index >= 15 is 0 Å². The van der Waals surface area contributed by atoms with Crippen molar-refractivity contribution in [3.63, 3.8) is 0 Å². The first-order chi connectivity index (χ1) is 8.47. The van der Waals surface area contributed by atoms with E-state index < -0.39 is 0 Å². The zero-order chi connectivity index (χ0) is 13.7. The maximum atomic E-state index is 5.61. The topological polar surface area (TPSA) is 63.8 Å². The number of thiocarbonyl (C=S) groups is 1. The van der Waals surface area contributed by atoms with Gasteiger partial charge < -0.3 is 11.1 Å². The zero-order valence-corrected chi connectivity index (χ0v) is 12.3. The van der Waals surface area contributed by atoms with Gasteiger partial charge in [-0.1, -0.05) is 38.9 Å². The van der Waals surface area contributed by atoms with Gasteiger partial charge in [0.15, 0.2) is 0 Å². The first-order valence-corrected chi connectivity index (χ1v) is 6.80. The van der Waals surface area contributed by atoms with Crippen molar-refractivity contribution in [3.05, 3.63) is 17.5 Å². The van der Waals surface area contributed by atoms with Crippen molar-refractivity contribution in [3.8, 4) is 0 Å². The first kappa shape index (κ1) is 14.8. The van der Waals surface area contributed by atoms with Gasteiger partial charge in [0.2, 0.25) is 5.95 Å². The minimum absolute atomic E-state index is 0.304. The van der Waals surface area contributed by atoms with Crippen LogP contribution in [0.1, 0.15) is 45.0 Å². The molecule has 1 unspecified atom stereocenters. The van der Waals surface area contributed by atoms with Crippen LogP contribution >= 0.6 is 12.2 Å². The largest absolute Gasteiger partial charge is 0.388 e. The predicted molar refractivity (Wildman–Crippen MR) is 79.8 cm³/mol. The molecule has 0 fully saturated rings. The van der Waals surface area contributed by atoms with Gasteiger partial charge in [-0.2, -0.15) is 0 Å². The standard InChI is InChI=1S/C13H22N4S/c1-5-10(6-2)9(4)16-13-15-8(3)7-11(17-13)12(14)18/h7,9-10H,5-6H2,1-4H3,(H2,14,18)(H,15,16,17). The minimum Gasteiger partial charge on any atom is -0.388 e. The molecule has 0 aliphatic heterocycles. The fourth-order valence-electron chi connectivity index (χ4n) is 2.08. The molecule has 0 saturated carbocycles. The maximum absolute atomic E-state index is 5.61. The third-order valence-corrected chi connectivity index (χ3v) is 3.43. The number of aryl methyl sites for hydroxylation is 1. The van der Waals surface area contributed by atoms with Crippen LogP contribution < -0.4 is 11.1 Å². The molecule has 1 rings (SSSR count). The highest BCUT2D eigenvalue weighted by Crippen LogP contribution is 2.16. The number of nitrogens with one attached hydrogen (secondary N) is 1. The smallest absolute Gasteiger partial charge is 0.223 e. The van der Waals surface area contributed by atoms with Crippen LogP contribution in [0.3, 0.4) is 0 Å². The lowest BCUT2D eigenvalue weighted by atomic mass is 9.96. The molecule has 0 saturated heterocycles. The SMILES string of the molecule is CCC(CC)C(C)Nc1nc(C)cc(C(N)=S)n1. The number of hydrogen-bond acceptors (Lipinski definition) is 4. The van der Waals surface area contributed by atoms with Gasteiger partial charge in [-0.05, 0) is 25.8 Å². The number of hydrogen-bond donors (Lipinski definition) is 2. The van der Waals surface area contributed by atoms with Gasteiger partial charge in [0.25, 0.3) is 0 Å². The number of aromatic nitrogens is 2. The Morgan fingerprint density at radius 3 is 2.50 bits per heavy atom. The Hall–Kier alpha value is -1.23. The molecule has 4 nitrogen and oxygen atoms in total. The molecule has 3 N–H and O–H groups in total. The molecule has 1 atom stereocenters. The van der Waals surface area contributed by atoms with E-state index in [1.807, 2.05) is 6.92 Å². The van der Waals surface area contributed by atoms with Gasteiger partial charge >= 0.3 is 0 Å². The molecule has 0 bridgehead atoms. The third-order valence-electron chi connectivity index (χ3n) is 3.22. The number of rotatable bonds is 6. The number of nitrogens with zero attached hydrogens (tertiary/aromatic N) is 2. The Morgan fingerprint density at radius 1 is 1.39 bits per heavy atom. The monoisotopic (exact) mass is 266 g/mol. The number of anilines is 1. The summed E-state index contributed by atoms with van der Waals surface area (Å²) in [6.45, 7) is 8.47. The summed E-state index contributed by atoms with van der Waals surface area (Å²) < 4.78 is 0. The fraction of sp³-hybridized carbons (Fsp3) is 0.615. The minimum atomic E-state index is 0.304. The van der Waals surface area contributed by atoms with Crippen LogP contribution in [0.2, 0.25) is 0 Å². The van der Waals surface area contributed by atoms with Crippen LogP contribution in [-0.4, -0.2) is 21.0 Å². The molecule has 100 valence electrons. The van der Waals surface area contributed by atoms with Crippen LogP contribution in [0.5, 0.6) is 0 Å². The molecular formula is C13H22N4S. The van der Waals surface area contributed by atoms with E-state index in [2.05, 4.69) is 36.1 Å². The van der Waals surface area contributed by atoms with Crippen molar-refractivity contribution in [2.75, 3.05) is 5.32 Å². The van der Waals surface area contributed by atoms with Crippen molar-refractivity contribution < 1.29 is 0 Å². The Balaban J connectivity index is 2.87. The lowest BCUT2D eigenvalue weighted by Crippen LogP contribution is -2.27. The summed E-state index contributed by atoms with van der Waals surface area (Å²) in [6.07, 6.45) is 2.28. The van der Waals surface area contributed by atoms with E-state index in [1.165, 1.54) is 0 Å². The second kappa shape index (κ2) is 6.64. The van der Waals surface area contributed by atoms with E-state index in [1.54, 1.807) is 6.07 Å². The van der Waals surface area contributed by atoms with Gasteiger partial charge in [0.1, 0.15) is 10.7 Å². The first-order valence-electron chi connectivity index (χ1n) is 6.39. The van der Waals surface area contributed by atoms with E-state index in [0.29, 0.717) is 28.6 Å². The van der Waals surface area contributed by atoms with E-state index in [0.717, 1.165) is 18.5 Å². The van der Waals surface area contributed by atoms with Crippen LogP contribution in [-0.2, 0) is 0 Å². The Bertz CT molecular complexity index is 415. The number of nitrogens with two attached hydrogens (primary N) is 1. The molecule has 5 heteroatoms. The highest BCUT2D eigenvalue weighted by Gasteiger charge is 2.15. The third kappa shape index (κ3) is 3.91. The summed E-state index contributed by atoms with van der Waals surface area (Å²) in [5.74, 6) is 1.22. The predicted octanol–water partition coefficient (Wildman–Crippen LogP) is 2.66. The normalized spacial score (nSPS) is 12.5. The van der Waals surface area contributed by atoms with Gasteiger partial charge in [-0.25, -0.2) is 9.97 Å². The van der Waals surface area contributed by atoms with Crippen molar-refractivity contribution in [2.24, 2.45) is 11.7 Å². The summed E-state index contributed by atoms with van der Waals surface area (Å²) in [5.41, 5.74) is 7.10. The van der Waals surface area contributed by atoms with Crippen molar-refractivity contribution in [1.29, 1.82) is 0 Å². The molecule has 18 heavy (non-hydrogen) atoms. The van der Waals surface area contributed by atoms with Gasteiger partial charge in [0.05, 0.1) is 0 Å². The molecule has 1 aromatic heterocycles. The maximum Gasteiger partial charge on any atom is 0.223 e. The van der Waals surface area contributed by atoms with E-state index in [4.69, 9.17) is 18.0 Å². The summed E-state index contributed by atoms with van der Waals surface area (Å²) in [7, 11) is 0. The van der Waals surface area contributed by atoms with Crippen LogP contribution in [0.25, 0.3) is 0 Å². The average Bonchev–Trinajstić information content (AvgIpc) is 2.29. The molecule has 0 radical (unpaired) electrons. The molecule has 1 heterocycles. The second-order valence-corrected chi connectivity index (χ2v) is 5.03. The summed E-state index contributed by atoms with van der Waals surface area (Å²) in [5, 5.41) is 3.34. The highest BCUT2D eigenvalue weighted by molar-refractivity contribution is 7.80. The van der Waals surface area contributed by atoms with Crippen molar-refractivity contribution in [1.82, 2.24) is 9.97 Å². The molecule has 1 aromatic rings. The molecule has 0 aliphatic rings.